The topological polar surface area (TPSA) is 74.6 Å². The van der Waals surface area contributed by atoms with Gasteiger partial charge in [0.1, 0.15) is 0 Å². The smallest absolute Gasteiger partial charge is 0.336 e. The molecule has 182 valence electrons. The molecule has 0 bridgehead atoms. The minimum atomic E-state index is -1.15. The molecule has 4 heteroatoms. The zero-order valence-electron chi connectivity index (χ0n) is 20.9. The van der Waals surface area contributed by atoms with Crippen LogP contribution in [0.15, 0.2) is 12.1 Å². The molecule has 1 aromatic carbocycles. The molecule has 32 heavy (non-hydrogen) atoms. The van der Waals surface area contributed by atoms with E-state index < -0.39 is 11.9 Å². The third kappa shape index (κ3) is 9.34. The highest BCUT2D eigenvalue weighted by molar-refractivity contribution is 6.03. The van der Waals surface area contributed by atoms with E-state index in [0.29, 0.717) is 18.3 Å². The van der Waals surface area contributed by atoms with Crippen LogP contribution in [0.2, 0.25) is 0 Å². The highest BCUT2D eigenvalue weighted by Crippen LogP contribution is 2.30. The van der Waals surface area contributed by atoms with Crippen LogP contribution in [0.25, 0.3) is 0 Å². The Morgan fingerprint density at radius 3 is 1.69 bits per heavy atom. The first kappa shape index (κ1) is 28.2. The Hall–Kier alpha value is -1.84. The van der Waals surface area contributed by atoms with Crippen LogP contribution in [0.5, 0.6) is 0 Å². The molecule has 4 nitrogen and oxygen atoms in total. The number of hydrogen-bond acceptors (Lipinski definition) is 2. The maximum absolute atomic E-state index is 12.2. The molecule has 0 saturated heterocycles. The summed E-state index contributed by atoms with van der Waals surface area (Å²) in [4.78, 5) is 24.0. The highest BCUT2D eigenvalue weighted by atomic mass is 16.4. The fourth-order valence-corrected chi connectivity index (χ4v) is 4.76. The van der Waals surface area contributed by atoms with Crippen LogP contribution in [0.3, 0.4) is 0 Å². The molecule has 0 aromatic heterocycles. The molecule has 0 saturated carbocycles. The van der Waals surface area contributed by atoms with Gasteiger partial charge in [-0.3, -0.25) is 0 Å². The Kier molecular flexibility index (Phi) is 14.0. The third-order valence-corrected chi connectivity index (χ3v) is 6.94. The normalized spacial score (nSPS) is 13.1. The fraction of sp³-hybridized carbons (Fsp3) is 0.714. The lowest BCUT2D eigenvalue weighted by molar-refractivity contribution is 0.0650. The Bertz CT molecular complexity index is 695. The van der Waals surface area contributed by atoms with Gasteiger partial charge in [0.05, 0.1) is 11.1 Å². The highest BCUT2D eigenvalue weighted by Gasteiger charge is 2.25. The SMILES string of the molecule is CCCCCCC(CC)Cc1ccc(C(=O)O)c(C(=O)O)c1CC(CC)CCCCCC. The van der Waals surface area contributed by atoms with Crippen molar-refractivity contribution in [1.29, 1.82) is 0 Å². The van der Waals surface area contributed by atoms with Gasteiger partial charge in [0.2, 0.25) is 0 Å². The second-order valence-electron chi connectivity index (χ2n) is 9.39. The minimum Gasteiger partial charge on any atom is -0.478 e. The largest absolute Gasteiger partial charge is 0.478 e. The number of aromatic carboxylic acids is 2. The van der Waals surface area contributed by atoms with Crippen molar-refractivity contribution in [2.45, 2.75) is 118 Å². The number of carboxylic acid groups (broad SMARTS) is 2. The summed E-state index contributed by atoms with van der Waals surface area (Å²) >= 11 is 0. The van der Waals surface area contributed by atoms with Gasteiger partial charge in [-0.15, -0.1) is 0 Å². The van der Waals surface area contributed by atoms with Crippen LogP contribution in [-0.4, -0.2) is 22.2 Å². The summed E-state index contributed by atoms with van der Waals surface area (Å²) in [6.45, 7) is 8.78. The molecule has 1 aromatic rings. The van der Waals surface area contributed by atoms with E-state index in [1.54, 1.807) is 0 Å². The number of benzene rings is 1. The Balaban J connectivity index is 3.20. The Morgan fingerprint density at radius 2 is 1.25 bits per heavy atom. The number of carboxylic acids is 2. The third-order valence-electron chi connectivity index (χ3n) is 6.94. The molecular weight excluding hydrogens is 400 g/mol. The van der Waals surface area contributed by atoms with Crippen molar-refractivity contribution in [1.82, 2.24) is 0 Å². The zero-order valence-corrected chi connectivity index (χ0v) is 20.9. The van der Waals surface area contributed by atoms with Crippen LogP contribution in [0, 0.1) is 11.8 Å². The molecule has 0 radical (unpaired) electrons. The Labute approximate surface area is 195 Å². The summed E-state index contributed by atoms with van der Waals surface area (Å²) in [7, 11) is 0. The van der Waals surface area contributed by atoms with Crippen LogP contribution in [0.4, 0.5) is 0 Å². The van der Waals surface area contributed by atoms with Crippen molar-refractivity contribution < 1.29 is 19.8 Å². The van der Waals surface area contributed by atoms with E-state index in [1.807, 2.05) is 6.07 Å². The molecule has 2 atom stereocenters. The van der Waals surface area contributed by atoms with Gasteiger partial charge < -0.3 is 10.2 Å². The van der Waals surface area contributed by atoms with Crippen LogP contribution in [-0.2, 0) is 12.8 Å². The summed E-state index contributed by atoms with van der Waals surface area (Å²) in [5.74, 6) is -1.38. The average molecular weight is 447 g/mol. The predicted molar refractivity (Wildman–Crippen MR) is 133 cm³/mol. The number of rotatable bonds is 18. The molecule has 0 aliphatic heterocycles. The van der Waals surface area contributed by atoms with Gasteiger partial charge in [-0.05, 0) is 41.9 Å². The molecule has 0 amide bonds. The number of carbonyl (C=O) groups is 2. The lowest BCUT2D eigenvalue weighted by Crippen LogP contribution is -2.18. The number of unbranched alkanes of at least 4 members (excludes halogenated alkanes) is 6. The van der Waals surface area contributed by atoms with Gasteiger partial charge in [-0.25, -0.2) is 9.59 Å². The van der Waals surface area contributed by atoms with Gasteiger partial charge in [0.25, 0.3) is 0 Å². The molecule has 2 N–H and O–H groups in total. The summed E-state index contributed by atoms with van der Waals surface area (Å²) in [5.41, 5.74) is 1.75. The van der Waals surface area contributed by atoms with Crippen molar-refractivity contribution in [3.05, 3.63) is 34.4 Å². The lowest BCUT2D eigenvalue weighted by atomic mass is 9.82. The predicted octanol–water partition coefficient (Wildman–Crippen LogP) is 8.16. The van der Waals surface area contributed by atoms with E-state index >= 15 is 0 Å². The van der Waals surface area contributed by atoms with Crippen LogP contribution < -0.4 is 0 Å². The van der Waals surface area contributed by atoms with Gasteiger partial charge in [-0.2, -0.15) is 0 Å². The van der Waals surface area contributed by atoms with E-state index in [0.717, 1.165) is 49.7 Å². The quantitative estimate of drug-likeness (QED) is 0.223. The van der Waals surface area contributed by atoms with E-state index in [9.17, 15) is 19.8 Å². The molecular formula is C28H46O4. The maximum Gasteiger partial charge on any atom is 0.336 e. The van der Waals surface area contributed by atoms with Crippen LogP contribution >= 0.6 is 0 Å². The standard InChI is InChI=1S/C28H46O4/c1-5-9-11-13-15-21(7-3)19-23-17-18-24(27(29)30)26(28(31)32)25(23)20-22(8-4)16-14-12-10-6-2/h17-18,21-22H,5-16,19-20H2,1-4H3,(H,29,30)(H,31,32). The van der Waals surface area contributed by atoms with Crippen molar-refractivity contribution in [2.24, 2.45) is 11.8 Å². The van der Waals surface area contributed by atoms with Crippen molar-refractivity contribution in [3.63, 3.8) is 0 Å². The first-order valence-electron chi connectivity index (χ1n) is 13.0. The fourth-order valence-electron chi connectivity index (χ4n) is 4.76. The van der Waals surface area contributed by atoms with E-state index in [1.165, 1.54) is 51.0 Å². The number of hydrogen-bond donors (Lipinski definition) is 2. The molecule has 0 spiro atoms. The first-order valence-corrected chi connectivity index (χ1v) is 13.0. The summed E-state index contributed by atoms with van der Waals surface area (Å²) < 4.78 is 0. The van der Waals surface area contributed by atoms with Gasteiger partial charge >= 0.3 is 11.9 Å². The molecule has 2 unspecified atom stereocenters. The maximum atomic E-state index is 12.2. The summed E-state index contributed by atoms with van der Waals surface area (Å²) in [6.07, 6.45) is 15.5. The molecule has 0 fully saturated rings. The van der Waals surface area contributed by atoms with E-state index in [2.05, 4.69) is 27.7 Å². The van der Waals surface area contributed by atoms with E-state index in [4.69, 9.17) is 0 Å². The van der Waals surface area contributed by atoms with Gasteiger partial charge in [0.15, 0.2) is 0 Å². The van der Waals surface area contributed by atoms with Crippen LogP contribution in [0.1, 0.15) is 137 Å². The minimum absolute atomic E-state index is 0.0165. The zero-order chi connectivity index (χ0) is 23.9. The van der Waals surface area contributed by atoms with Crippen molar-refractivity contribution >= 4 is 11.9 Å². The summed E-state index contributed by atoms with van der Waals surface area (Å²) in [5, 5.41) is 19.6. The average Bonchev–Trinajstić information content (AvgIpc) is 2.77. The van der Waals surface area contributed by atoms with Crippen molar-refractivity contribution in [3.8, 4) is 0 Å². The second kappa shape index (κ2) is 15.9. The van der Waals surface area contributed by atoms with E-state index in [-0.39, 0.29) is 11.1 Å². The van der Waals surface area contributed by atoms with Gasteiger partial charge in [0, 0.05) is 0 Å². The monoisotopic (exact) mass is 446 g/mol. The summed E-state index contributed by atoms with van der Waals surface area (Å²) in [6, 6.07) is 3.40. The second-order valence-corrected chi connectivity index (χ2v) is 9.39. The van der Waals surface area contributed by atoms with Gasteiger partial charge in [-0.1, -0.05) is 111 Å². The molecule has 0 heterocycles. The lowest BCUT2D eigenvalue weighted by Gasteiger charge is -2.23. The molecule has 0 aliphatic carbocycles. The first-order chi connectivity index (χ1) is 15.4. The molecule has 1 rings (SSSR count). The Morgan fingerprint density at radius 1 is 0.719 bits per heavy atom. The molecule has 0 aliphatic rings. The van der Waals surface area contributed by atoms with Crippen molar-refractivity contribution in [2.75, 3.05) is 0 Å².